The maximum atomic E-state index is 6.13. The summed E-state index contributed by atoms with van der Waals surface area (Å²) in [6, 6.07) is 4.46. The van der Waals surface area contributed by atoms with Gasteiger partial charge in [0.25, 0.3) is 0 Å². The summed E-state index contributed by atoms with van der Waals surface area (Å²) in [5.74, 6) is 0. The Kier molecular flexibility index (Phi) is 4.88. The SMILES string of the molecule is CCc1cnc(C(C)NCC(N)c2cccs2)s1. The highest BCUT2D eigenvalue weighted by Gasteiger charge is 2.12. The lowest BCUT2D eigenvalue weighted by Crippen LogP contribution is -2.28. The molecule has 0 saturated heterocycles. The van der Waals surface area contributed by atoms with E-state index in [1.807, 2.05) is 12.3 Å². The Balaban J connectivity index is 1.86. The second-order valence-electron chi connectivity index (χ2n) is 4.27. The van der Waals surface area contributed by atoms with Gasteiger partial charge < -0.3 is 11.1 Å². The average Bonchev–Trinajstić information content (AvgIpc) is 3.05. The highest BCUT2D eigenvalue weighted by atomic mass is 32.1. The van der Waals surface area contributed by atoms with Crippen LogP contribution in [0.25, 0.3) is 0 Å². The third-order valence-corrected chi connectivity index (χ3v) is 5.17. The van der Waals surface area contributed by atoms with Crippen molar-refractivity contribution in [1.29, 1.82) is 0 Å². The molecule has 18 heavy (non-hydrogen) atoms. The number of nitrogens with zero attached hydrogens (tertiary/aromatic N) is 1. The van der Waals surface area contributed by atoms with Gasteiger partial charge in [0, 0.05) is 22.5 Å². The van der Waals surface area contributed by atoms with Crippen LogP contribution in [0.3, 0.4) is 0 Å². The van der Waals surface area contributed by atoms with E-state index in [0.717, 1.165) is 18.0 Å². The van der Waals surface area contributed by atoms with E-state index in [9.17, 15) is 0 Å². The van der Waals surface area contributed by atoms with E-state index in [4.69, 9.17) is 5.73 Å². The molecule has 0 aliphatic heterocycles. The molecule has 98 valence electrons. The predicted molar refractivity (Wildman–Crippen MR) is 79.2 cm³/mol. The monoisotopic (exact) mass is 281 g/mol. The maximum Gasteiger partial charge on any atom is 0.109 e. The molecule has 0 amide bonds. The molecule has 0 aliphatic carbocycles. The average molecular weight is 281 g/mol. The molecule has 2 rings (SSSR count). The van der Waals surface area contributed by atoms with Crippen LogP contribution in [0.5, 0.6) is 0 Å². The van der Waals surface area contributed by atoms with Gasteiger partial charge in [-0.05, 0) is 24.8 Å². The molecule has 3 nitrogen and oxygen atoms in total. The van der Waals surface area contributed by atoms with Crippen LogP contribution in [0.2, 0.25) is 0 Å². The Hall–Kier alpha value is -0.750. The number of nitrogens with two attached hydrogens (primary N) is 1. The first kappa shape index (κ1) is 13.7. The van der Waals surface area contributed by atoms with Crippen molar-refractivity contribution < 1.29 is 0 Å². The van der Waals surface area contributed by atoms with E-state index >= 15 is 0 Å². The van der Waals surface area contributed by atoms with Crippen LogP contribution in [0, 0.1) is 0 Å². The Morgan fingerprint density at radius 1 is 1.50 bits per heavy atom. The summed E-state index contributed by atoms with van der Waals surface area (Å²) < 4.78 is 0. The normalized spacial score (nSPS) is 14.6. The standard InChI is InChI=1S/C13H19N3S2/c1-3-10-7-16-13(18-10)9(2)15-8-11(14)12-5-4-6-17-12/h4-7,9,11,15H,3,8,14H2,1-2H3. The fourth-order valence-electron chi connectivity index (χ4n) is 1.68. The summed E-state index contributed by atoms with van der Waals surface area (Å²) >= 11 is 3.49. The zero-order valence-electron chi connectivity index (χ0n) is 10.7. The summed E-state index contributed by atoms with van der Waals surface area (Å²) in [5.41, 5.74) is 6.13. The molecule has 2 aromatic rings. The van der Waals surface area contributed by atoms with Crippen molar-refractivity contribution in [2.24, 2.45) is 5.73 Å². The molecule has 0 bridgehead atoms. The highest BCUT2D eigenvalue weighted by Crippen LogP contribution is 2.21. The Morgan fingerprint density at radius 2 is 2.33 bits per heavy atom. The zero-order chi connectivity index (χ0) is 13.0. The minimum atomic E-state index is 0.0676. The van der Waals surface area contributed by atoms with E-state index in [0.29, 0.717) is 0 Å². The fourth-order valence-corrected chi connectivity index (χ4v) is 3.29. The van der Waals surface area contributed by atoms with Gasteiger partial charge in [-0.25, -0.2) is 4.98 Å². The number of thiazole rings is 1. The molecule has 0 aromatic carbocycles. The van der Waals surface area contributed by atoms with Crippen LogP contribution in [-0.4, -0.2) is 11.5 Å². The van der Waals surface area contributed by atoms with Crippen LogP contribution in [0.1, 0.15) is 40.7 Å². The number of nitrogens with one attached hydrogen (secondary N) is 1. The van der Waals surface area contributed by atoms with Gasteiger partial charge in [0.1, 0.15) is 5.01 Å². The number of rotatable bonds is 6. The van der Waals surface area contributed by atoms with Crippen LogP contribution in [0.4, 0.5) is 0 Å². The lowest BCUT2D eigenvalue weighted by Gasteiger charge is -2.15. The van der Waals surface area contributed by atoms with Gasteiger partial charge in [0.2, 0.25) is 0 Å². The summed E-state index contributed by atoms with van der Waals surface area (Å²) in [6.07, 6.45) is 3.02. The van der Waals surface area contributed by atoms with Crippen LogP contribution >= 0.6 is 22.7 Å². The second kappa shape index (κ2) is 6.43. The van der Waals surface area contributed by atoms with E-state index in [1.54, 1.807) is 22.7 Å². The van der Waals surface area contributed by atoms with Crippen molar-refractivity contribution in [1.82, 2.24) is 10.3 Å². The van der Waals surface area contributed by atoms with Gasteiger partial charge in [-0.15, -0.1) is 22.7 Å². The number of thiophene rings is 1. The molecule has 0 fully saturated rings. The molecular formula is C13H19N3S2. The lowest BCUT2D eigenvalue weighted by atomic mass is 10.2. The molecule has 2 heterocycles. The van der Waals surface area contributed by atoms with Gasteiger partial charge in [-0.3, -0.25) is 0 Å². The van der Waals surface area contributed by atoms with Gasteiger partial charge in [0.05, 0.1) is 12.1 Å². The summed E-state index contributed by atoms with van der Waals surface area (Å²) in [5, 5.41) is 6.66. The van der Waals surface area contributed by atoms with Crippen molar-refractivity contribution in [2.45, 2.75) is 32.4 Å². The minimum absolute atomic E-state index is 0.0676. The fraction of sp³-hybridized carbons (Fsp3) is 0.462. The quantitative estimate of drug-likeness (QED) is 0.855. The van der Waals surface area contributed by atoms with Crippen molar-refractivity contribution in [3.63, 3.8) is 0 Å². The van der Waals surface area contributed by atoms with Crippen LogP contribution < -0.4 is 11.1 Å². The first-order valence-electron chi connectivity index (χ1n) is 6.17. The van der Waals surface area contributed by atoms with Gasteiger partial charge in [0.15, 0.2) is 0 Å². The molecular weight excluding hydrogens is 262 g/mol. The molecule has 0 saturated carbocycles. The first-order valence-corrected chi connectivity index (χ1v) is 7.87. The van der Waals surface area contributed by atoms with E-state index in [-0.39, 0.29) is 12.1 Å². The zero-order valence-corrected chi connectivity index (χ0v) is 12.4. The van der Waals surface area contributed by atoms with Gasteiger partial charge in [-0.1, -0.05) is 13.0 Å². The molecule has 3 N–H and O–H groups in total. The molecule has 0 radical (unpaired) electrons. The molecule has 2 unspecified atom stereocenters. The number of aryl methyl sites for hydroxylation is 1. The number of hydrogen-bond donors (Lipinski definition) is 2. The maximum absolute atomic E-state index is 6.13. The molecule has 2 aromatic heterocycles. The summed E-state index contributed by atoms with van der Waals surface area (Å²) in [6.45, 7) is 5.07. The van der Waals surface area contributed by atoms with Crippen molar-refractivity contribution in [2.75, 3.05) is 6.54 Å². The number of hydrogen-bond acceptors (Lipinski definition) is 5. The van der Waals surface area contributed by atoms with E-state index in [2.05, 4.69) is 35.6 Å². The lowest BCUT2D eigenvalue weighted by molar-refractivity contribution is 0.529. The summed E-state index contributed by atoms with van der Waals surface area (Å²) in [7, 11) is 0. The van der Waals surface area contributed by atoms with Crippen molar-refractivity contribution in [3.8, 4) is 0 Å². The highest BCUT2D eigenvalue weighted by molar-refractivity contribution is 7.11. The van der Waals surface area contributed by atoms with Gasteiger partial charge >= 0.3 is 0 Å². The third kappa shape index (κ3) is 3.38. The summed E-state index contributed by atoms with van der Waals surface area (Å²) in [4.78, 5) is 7.00. The Labute approximate surface area is 116 Å². The Morgan fingerprint density at radius 3 is 2.94 bits per heavy atom. The topological polar surface area (TPSA) is 50.9 Å². The predicted octanol–water partition coefficient (Wildman–Crippen LogP) is 3.12. The van der Waals surface area contributed by atoms with Gasteiger partial charge in [-0.2, -0.15) is 0 Å². The largest absolute Gasteiger partial charge is 0.322 e. The van der Waals surface area contributed by atoms with Crippen molar-refractivity contribution >= 4 is 22.7 Å². The smallest absolute Gasteiger partial charge is 0.109 e. The molecule has 5 heteroatoms. The first-order chi connectivity index (χ1) is 8.70. The number of aromatic nitrogens is 1. The second-order valence-corrected chi connectivity index (χ2v) is 6.40. The molecule has 0 aliphatic rings. The van der Waals surface area contributed by atoms with E-state index < -0.39 is 0 Å². The van der Waals surface area contributed by atoms with Crippen LogP contribution in [-0.2, 0) is 6.42 Å². The van der Waals surface area contributed by atoms with E-state index in [1.165, 1.54) is 9.75 Å². The van der Waals surface area contributed by atoms with Crippen LogP contribution in [0.15, 0.2) is 23.7 Å². The third-order valence-electron chi connectivity index (χ3n) is 2.84. The molecule has 0 spiro atoms. The minimum Gasteiger partial charge on any atom is -0.322 e. The Bertz CT molecular complexity index is 464. The molecule has 2 atom stereocenters. The van der Waals surface area contributed by atoms with Crippen molar-refractivity contribution in [3.05, 3.63) is 38.5 Å².